The molecule has 2 amide bonds. The van der Waals surface area contributed by atoms with Gasteiger partial charge in [-0.1, -0.05) is 31.5 Å². The van der Waals surface area contributed by atoms with Gasteiger partial charge in [0.05, 0.1) is 18.7 Å². The van der Waals surface area contributed by atoms with Crippen molar-refractivity contribution < 1.29 is 19.1 Å². The number of aryl methyl sites for hydroxylation is 2. The molecule has 1 fully saturated rings. The lowest BCUT2D eigenvalue weighted by atomic mass is 10.00. The Kier molecular flexibility index (Phi) is 7.94. The zero-order chi connectivity index (χ0) is 24.2. The molecule has 0 radical (unpaired) electrons. The lowest BCUT2D eigenvalue weighted by Crippen LogP contribution is -2.50. The molecule has 0 N–H and O–H groups in total. The van der Waals surface area contributed by atoms with Crippen molar-refractivity contribution in [3.8, 4) is 5.75 Å². The summed E-state index contributed by atoms with van der Waals surface area (Å²) in [5.41, 5.74) is 3.44. The molecule has 184 valence electrons. The first-order valence-corrected chi connectivity index (χ1v) is 13.2. The molecule has 0 spiro atoms. The van der Waals surface area contributed by atoms with Crippen molar-refractivity contribution in [3.05, 3.63) is 51.2 Å². The molecule has 2 aliphatic rings. The molecular formula is C27H36N2O4S. The number of carbonyl (C=O) groups is 2. The van der Waals surface area contributed by atoms with Crippen molar-refractivity contribution in [2.75, 3.05) is 32.8 Å². The second kappa shape index (κ2) is 10.9. The zero-order valence-electron chi connectivity index (χ0n) is 20.7. The summed E-state index contributed by atoms with van der Waals surface area (Å²) in [5.74, 6) is 0.649. The van der Waals surface area contributed by atoms with Crippen LogP contribution in [0.4, 0.5) is 0 Å². The number of hydrogen-bond donors (Lipinski definition) is 0. The highest BCUT2D eigenvalue weighted by Crippen LogP contribution is 2.34. The maximum Gasteiger partial charge on any atom is 0.242 e. The van der Waals surface area contributed by atoms with Gasteiger partial charge in [-0.3, -0.25) is 9.59 Å². The minimum absolute atomic E-state index is 0.000150. The number of fused-ring (bicyclic) bond motifs is 1. The first kappa shape index (κ1) is 24.7. The Morgan fingerprint density at radius 3 is 2.79 bits per heavy atom. The summed E-state index contributed by atoms with van der Waals surface area (Å²) in [6, 6.07) is 8.10. The zero-order valence-corrected chi connectivity index (χ0v) is 21.5. The maximum atomic E-state index is 13.6. The Morgan fingerprint density at radius 2 is 2.09 bits per heavy atom. The van der Waals surface area contributed by atoms with E-state index in [9.17, 15) is 9.59 Å². The highest BCUT2D eigenvalue weighted by atomic mass is 32.1. The average Bonchev–Trinajstić information content (AvgIpc) is 3.49. The van der Waals surface area contributed by atoms with Crippen LogP contribution in [-0.2, 0) is 20.7 Å². The van der Waals surface area contributed by atoms with Gasteiger partial charge in [-0.2, -0.15) is 0 Å². The third kappa shape index (κ3) is 5.63. The molecule has 1 aromatic carbocycles. The summed E-state index contributed by atoms with van der Waals surface area (Å²) in [5, 5.41) is 2.09. The topological polar surface area (TPSA) is 59.1 Å². The fourth-order valence-electron chi connectivity index (χ4n) is 4.89. The van der Waals surface area contributed by atoms with Crippen molar-refractivity contribution in [3.63, 3.8) is 0 Å². The maximum absolute atomic E-state index is 13.6. The van der Waals surface area contributed by atoms with Crippen LogP contribution in [0.2, 0.25) is 0 Å². The largest absolute Gasteiger partial charge is 0.491 e. The van der Waals surface area contributed by atoms with E-state index in [0.29, 0.717) is 19.7 Å². The van der Waals surface area contributed by atoms with Crippen LogP contribution in [0.1, 0.15) is 54.3 Å². The monoisotopic (exact) mass is 484 g/mol. The van der Waals surface area contributed by atoms with Gasteiger partial charge >= 0.3 is 0 Å². The molecule has 0 saturated carbocycles. The Bertz CT molecular complexity index is 1010. The number of hydrogen-bond acceptors (Lipinski definition) is 5. The smallest absolute Gasteiger partial charge is 0.242 e. The summed E-state index contributed by atoms with van der Waals surface area (Å²) in [6.45, 7) is 10.2. The number of thiophene rings is 1. The van der Waals surface area contributed by atoms with Crippen LogP contribution in [-0.4, -0.2) is 60.6 Å². The first-order chi connectivity index (χ1) is 16.3. The van der Waals surface area contributed by atoms with Crippen molar-refractivity contribution in [2.24, 2.45) is 5.92 Å². The fraction of sp³-hybridized carbons (Fsp3) is 0.556. The van der Waals surface area contributed by atoms with E-state index in [4.69, 9.17) is 9.47 Å². The van der Waals surface area contributed by atoms with E-state index in [2.05, 4.69) is 24.4 Å². The predicted molar refractivity (Wildman–Crippen MR) is 134 cm³/mol. The number of nitrogens with zero attached hydrogens (tertiary/aromatic N) is 2. The van der Waals surface area contributed by atoms with Crippen molar-refractivity contribution in [1.29, 1.82) is 0 Å². The van der Waals surface area contributed by atoms with Gasteiger partial charge in [0, 0.05) is 30.5 Å². The average molecular weight is 485 g/mol. The fourth-order valence-corrected chi connectivity index (χ4v) is 5.82. The molecule has 0 bridgehead atoms. The molecular weight excluding hydrogens is 448 g/mol. The van der Waals surface area contributed by atoms with Crippen molar-refractivity contribution in [1.82, 2.24) is 9.80 Å². The molecule has 6 nitrogen and oxygen atoms in total. The number of ether oxygens (including phenoxy) is 2. The quantitative estimate of drug-likeness (QED) is 0.552. The van der Waals surface area contributed by atoms with Gasteiger partial charge in [-0.15, -0.1) is 11.3 Å². The highest BCUT2D eigenvalue weighted by molar-refractivity contribution is 7.10. The van der Waals surface area contributed by atoms with Crippen molar-refractivity contribution in [2.45, 2.75) is 59.1 Å². The molecule has 34 heavy (non-hydrogen) atoms. The number of rotatable bonds is 8. The van der Waals surface area contributed by atoms with Crippen LogP contribution in [0.5, 0.6) is 5.75 Å². The van der Waals surface area contributed by atoms with Gasteiger partial charge < -0.3 is 19.3 Å². The predicted octanol–water partition coefficient (Wildman–Crippen LogP) is 4.53. The molecule has 3 heterocycles. The molecule has 2 atom stereocenters. The van der Waals surface area contributed by atoms with Gasteiger partial charge in [-0.05, 0) is 61.7 Å². The molecule has 2 aromatic rings. The second-order valence-corrected chi connectivity index (χ2v) is 10.7. The van der Waals surface area contributed by atoms with Gasteiger partial charge in [0.2, 0.25) is 11.8 Å². The third-order valence-electron chi connectivity index (χ3n) is 6.72. The van der Waals surface area contributed by atoms with Gasteiger partial charge in [0.1, 0.15) is 12.4 Å². The third-order valence-corrected chi connectivity index (χ3v) is 7.72. The SMILES string of the molecule is Cc1ccc(OC[C@@H]2c3ccsc3CCN2C(=O)CN(C[C@@H]2CCCO2)C(=O)C(C)C)c(C)c1. The molecule has 0 aliphatic carbocycles. The minimum atomic E-state index is -0.165. The Labute approximate surface area is 206 Å². The van der Waals surface area contributed by atoms with E-state index in [1.165, 1.54) is 10.4 Å². The van der Waals surface area contributed by atoms with E-state index in [1.54, 1.807) is 16.2 Å². The lowest BCUT2D eigenvalue weighted by molar-refractivity contribution is -0.145. The Balaban J connectivity index is 1.51. The summed E-state index contributed by atoms with van der Waals surface area (Å²) in [7, 11) is 0. The molecule has 4 rings (SSSR count). The molecule has 0 unspecified atom stereocenters. The summed E-state index contributed by atoms with van der Waals surface area (Å²) in [6.07, 6.45) is 2.80. The molecule has 1 aromatic heterocycles. The van der Waals surface area contributed by atoms with Crippen LogP contribution < -0.4 is 4.74 Å². The van der Waals surface area contributed by atoms with E-state index < -0.39 is 0 Å². The van der Waals surface area contributed by atoms with E-state index in [1.807, 2.05) is 37.8 Å². The van der Waals surface area contributed by atoms with E-state index in [0.717, 1.165) is 42.7 Å². The lowest BCUT2D eigenvalue weighted by Gasteiger charge is -2.37. The van der Waals surface area contributed by atoms with Crippen LogP contribution in [0.3, 0.4) is 0 Å². The number of carbonyl (C=O) groups excluding carboxylic acids is 2. The number of benzene rings is 1. The van der Waals surface area contributed by atoms with E-state index in [-0.39, 0.29) is 36.4 Å². The van der Waals surface area contributed by atoms with Gasteiger partial charge in [0.15, 0.2) is 0 Å². The van der Waals surface area contributed by atoms with Gasteiger partial charge in [0.25, 0.3) is 0 Å². The highest BCUT2D eigenvalue weighted by Gasteiger charge is 2.34. The minimum Gasteiger partial charge on any atom is -0.491 e. The standard InChI is InChI=1S/C27H36N2O4S/c1-18(2)27(31)28(15-21-6-5-12-32-21)16-26(30)29-11-9-25-22(10-13-34-25)23(29)17-33-24-8-7-19(3)14-20(24)4/h7-8,10,13-14,18,21,23H,5-6,9,11-12,15-17H2,1-4H3/t21-,23+/m0/s1. The van der Waals surface area contributed by atoms with Crippen LogP contribution in [0.25, 0.3) is 0 Å². The van der Waals surface area contributed by atoms with Crippen LogP contribution in [0.15, 0.2) is 29.6 Å². The van der Waals surface area contributed by atoms with E-state index >= 15 is 0 Å². The number of amides is 2. The molecule has 2 aliphatic heterocycles. The van der Waals surface area contributed by atoms with Crippen molar-refractivity contribution >= 4 is 23.2 Å². The van der Waals surface area contributed by atoms with Crippen LogP contribution in [0, 0.1) is 19.8 Å². The van der Waals surface area contributed by atoms with Gasteiger partial charge in [-0.25, -0.2) is 0 Å². The summed E-state index contributed by atoms with van der Waals surface area (Å²) < 4.78 is 12.0. The summed E-state index contributed by atoms with van der Waals surface area (Å²) in [4.78, 5) is 31.5. The normalized spacial score (nSPS) is 19.9. The summed E-state index contributed by atoms with van der Waals surface area (Å²) >= 11 is 1.74. The second-order valence-electron chi connectivity index (χ2n) is 9.74. The van der Waals surface area contributed by atoms with Crippen LogP contribution >= 0.6 is 11.3 Å². The first-order valence-electron chi connectivity index (χ1n) is 12.3. The Morgan fingerprint density at radius 1 is 1.26 bits per heavy atom. The molecule has 7 heteroatoms. The molecule has 1 saturated heterocycles. The Hall–Kier alpha value is -2.38.